The topological polar surface area (TPSA) is 47.3 Å². The lowest BCUT2D eigenvalue weighted by Crippen LogP contribution is -2.32. The van der Waals surface area contributed by atoms with Crippen molar-refractivity contribution in [3.63, 3.8) is 0 Å². The number of aromatic nitrogens is 2. The summed E-state index contributed by atoms with van der Waals surface area (Å²) in [5.74, 6) is 0.739. The van der Waals surface area contributed by atoms with E-state index in [-0.39, 0.29) is 12.0 Å². The van der Waals surface area contributed by atoms with Crippen LogP contribution in [-0.2, 0) is 5.60 Å². The molecule has 16 heavy (non-hydrogen) atoms. The van der Waals surface area contributed by atoms with E-state index in [4.69, 9.17) is 4.74 Å². The van der Waals surface area contributed by atoms with E-state index in [1.165, 1.54) is 0 Å². The molecule has 0 fully saturated rings. The van der Waals surface area contributed by atoms with Crippen molar-refractivity contribution in [1.82, 2.24) is 9.78 Å². The first-order valence-electron chi connectivity index (χ1n) is 5.66. The van der Waals surface area contributed by atoms with Crippen molar-refractivity contribution in [1.29, 1.82) is 0 Å². The van der Waals surface area contributed by atoms with Crippen LogP contribution in [0.25, 0.3) is 0 Å². The molecule has 0 aliphatic heterocycles. The number of nitrogens with zero attached hydrogens (tertiary/aromatic N) is 2. The number of rotatable bonds is 4. The molecule has 0 amide bonds. The Kier molecular flexibility index (Phi) is 3.63. The summed E-state index contributed by atoms with van der Waals surface area (Å²) in [6.45, 7) is 9.84. The van der Waals surface area contributed by atoms with Gasteiger partial charge in [0.15, 0.2) is 5.75 Å². The maximum Gasteiger partial charge on any atom is 0.162 e. The van der Waals surface area contributed by atoms with Crippen molar-refractivity contribution >= 4 is 0 Å². The Morgan fingerprint density at radius 2 is 1.94 bits per heavy atom. The van der Waals surface area contributed by atoms with Crippen molar-refractivity contribution < 1.29 is 9.84 Å². The average molecular weight is 226 g/mol. The van der Waals surface area contributed by atoms with Crippen molar-refractivity contribution in [3.8, 4) is 5.75 Å². The highest BCUT2D eigenvalue weighted by molar-refractivity contribution is 5.31. The van der Waals surface area contributed by atoms with Crippen molar-refractivity contribution in [2.24, 2.45) is 5.92 Å². The summed E-state index contributed by atoms with van der Waals surface area (Å²) in [5.41, 5.74) is -0.188. The van der Waals surface area contributed by atoms with Crippen molar-refractivity contribution in [3.05, 3.63) is 11.9 Å². The van der Waals surface area contributed by atoms with Gasteiger partial charge in [0.2, 0.25) is 0 Å². The molecule has 0 aliphatic rings. The largest absolute Gasteiger partial charge is 0.493 e. The Balaban J connectivity index is 3.33. The van der Waals surface area contributed by atoms with Gasteiger partial charge >= 0.3 is 0 Å². The molecule has 4 heteroatoms. The van der Waals surface area contributed by atoms with Gasteiger partial charge in [0, 0.05) is 6.04 Å². The molecule has 0 bridgehead atoms. The van der Waals surface area contributed by atoms with Crippen LogP contribution < -0.4 is 4.74 Å². The lowest BCUT2D eigenvalue weighted by Gasteiger charge is -2.30. The van der Waals surface area contributed by atoms with Gasteiger partial charge in [0.25, 0.3) is 0 Å². The Bertz CT molecular complexity index is 354. The molecular formula is C12H22N2O2. The van der Waals surface area contributed by atoms with Crippen LogP contribution in [0.5, 0.6) is 5.75 Å². The summed E-state index contributed by atoms with van der Waals surface area (Å²) in [6, 6.07) is 0.198. The number of ether oxygens (including phenoxy) is 1. The molecule has 0 saturated heterocycles. The SMILES string of the molecule is COc1cnn(C(C)C)c1C(C)(O)C(C)C. The maximum atomic E-state index is 10.6. The molecule has 0 saturated carbocycles. The maximum absolute atomic E-state index is 10.6. The number of hydrogen-bond acceptors (Lipinski definition) is 3. The molecule has 0 aliphatic carbocycles. The van der Waals surface area contributed by atoms with E-state index in [2.05, 4.69) is 5.10 Å². The first kappa shape index (κ1) is 13.0. The molecule has 0 spiro atoms. The highest BCUT2D eigenvalue weighted by Crippen LogP contribution is 2.36. The monoisotopic (exact) mass is 226 g/mol. The van der Waals surface area contributed by atoms with Gasteiger partial charge in [-0.2, -0.15) is 5.10 Å². The van der Waals surface area contributed by atoms with Crippen LogP contribution in [0.2, 0.25) is 0 Å². The van der Waals surface area contributed by atoms with Gasteiger partial charge in [-0.1, -0.05) is 13.8 Å². The van der Waals surface area contributed by atoms with E-state index in [1.807, 2.05) is 32.4 Å². The van der Waals surface area contributed by atoms with Crippen LogP contribution in [0, 0.1) is 5.92 Å². The van der Waals surface area contributed by atoms with Crippen LogP contribution in [-0.4, -0.2) is 22.0 Å². The molecule has 1 aromatic rings. The smallest absolute Gasteiger partial charge is 0.162 e. The van der Waals surface area contributed by atoms with Gasteiger partial charge < -0.3 is 9.84 Å². The van der Waals surface area contributed by atoms with Crippen molar-refractivity contribution in [2.45, 2.75) is 46.3 Å². The fraction of sp³-hybridized carbons (Fsp3) is 0.750. The zero-order chi connectivity index (χ0) is 12.5. The van der Waals surface area contributed by atoms with Crippen LogP contribution in [0.15, 0.2) is 6.20 Å². The summed E-state index contributed by atoms with van der Waals surface area (Å²) in [5, 5.41) is 14.8. The predicted molar refractivity (Wildman–Crippen MR) is 63.6 cm³/mol. The van der Waals surface area contributed by atoms with Gasteiger partial charge in [0.1, 0.15) is 11.3 Å². The predicted octanol–water partition coefficient (Wildman–Crippen LogP) is 2.34. The summed E-state index contributed by atoms with van der Waals surface area (Å²) >= 11 is 0. The summed E-state index contributed by atoms with van der Waals surface area (Å²) < 4.78 is 7.09. The Hall–Kier alpha value is -1.03. The molecule has 0 aromatic carbocycles. The first-order valence-corrected chi connectivity index (χ1v) is 5.66. The number of hydrogen-bond donors (Lipinski definition) is 1. The van der Waals surface area contributed by atoms with E-state index < -0.39 is 5.60 Å². The standard InChI is InChI=1S/C12H22N2O2/c1-8(2)12(5,15)11-10(16-6)7-13-14(11)9(3)4/h7-9,15H,1-6H3. The van der Waals surface area contributed by atoms with E-state index in [1.54, 1.807) is 20.2 Å². The molecule has 92 valence electrons. The fourth-order valence-corrected chi connectivity index (χ4v) is 1.64. The van der Waals surface area contributed by atoms with Gasteiger partial charge in [-0.15, -0.1) is 0 Å². The molecule has 0 radical (unpaired) electrons. The minimum absolute atomic E-state index is 0.0931. The molecule has 1 aromatic heterocycles. The molecule has 1 atom stereocenters. The van der Waals surface area contributed by atoms with Crippen molar-refractivity contribution in [2.75, 3.05) is 7.11 Å². The third-order valence-electron chi connectivity index (χ3n) is 3.07. The molecule has 1 N–H and O–H groups in total. The molecule has 1 rings (SSSR count). The zero-order valence-corrected chi connectivity index (χ0v) is 11.0. The van der Waals surface area contributed by atoms with E-state index in [9.17, 15) is 5.11 Å². The average Bonchev–Trinajstić information content (AvgIpc) is 2.60. The molecule has 1 heterocycles. The second-order valence-electron chi connectivity index (χ2n) is 4.90. The summed E-state index contributed by atoms with van der Waals surface area (Å²) in [4.78, 5) is 0. The molecule has 1 unspecified atom stereocenters. The first-order chi connectivity index (χ1) is 7.32. The lowest BCUT2D eigenvalue weighted by molar-refractivity contribution is -0.00255. The normalized spacial score (nSPS) is 15.6. The highest BCUT2D eigenvalue weighted by Gasteiger charge is 2.35. The zero-order valence-electron chi connectivity index (χ0n) is 11.0. The van der Waals surface area contributed by atoms with E-state index >= 15 is 0 Å². The minimum atomic E-state index is -0.938. The third-order valence-corrected chi connectivity index (χ3v) is 3.07. The van der Waals surface area contributed by atoms with Gasteiger partial charge in [-0.3, -0.25) is 4.68 Å². The molecular weight excluding hydrogens is 204 g/mol. The van der Waals surface area contributed by atoms with Gasteiger partial charge in [-0.05, 0) is 26.7 Å². The summed E-state index contributed by atoms with van der Waals surface area (Å²) in [6.07, 6.45) is 1.66. The van der Waals surface area contributed by atoms with Gasteiger partial charge in [0.05, 0.1) is 13.3 Å². The quantitative estimate of drug-likeness (QED) is 0.857. The van der Waals surface area contributed by atoms with Crippen LogP contribution in [0.4, 0.5) is 0 Å². The Morgan fingerprint density at radius 3 is 2.31 bits per heavy atom. The summed E-state index contributed by atoms with van der Waals surface area (Å²) in [7, 11) is 1.60. The number of aliphatic hydroxyl groups is 1. The van der Waals surface area contributed by atoms with Gasteiger partial charge in [-0.25, -0.2) is 0 Å². The Labute approximate surface area is 97.2 Å². The Morgan fingerprint density at radius 1 is 1.38 bits per heavy atom. The van der Waals surface area contributed by atoms with E-state index in [0.29, 0.717) is 5.75 Å². The van der Waals surface area contributed by atoms with E-state index in [0.717, 1.165) is 5.69 Å². The lowest BCUT2D eigenvalue weighted by atomic mass is 9.88. The van der Waals surface area contributed by atoms with Crippen LogP contribution in [0.3, 0.4) is 0 Å². The molecule has 4 nitrogen and oxygen atoms in total. The number of methoxy groups -OCH3 is 1. The van der Waals surface area contributed by atoms with Crippen LogP contribution in [0.1, 0.15) is 46.4 Å². The highest BCUT2D eigenvalue weighted by atomic mass is 16.5. The van der Waals surface area contributed by atoms with Crippen LogP contribution >= 0.6 is 0 Å². The second kappa shape index (κ2) is 4.45. The minimum Gasteiger partial charge on any atom is -0.493 e. The second-order valence-corrected chi connectivity index (χ2v) is 4.90. The fourth-order valence-electron chi connectivity index (χ4n) is 1.64. The third kappa shape index (κ3) is 2.07.